The molecule has 0 bridgehead atoms. The van der Waals surface area contributed by atoms with Crippen LogP contribution in [0.2, 0.25) is 0 Å². The summed E-state index contributed by atoms with van der Waals surface area (Å²) in [7, 11) is 0. The Hall–Kier alpha value is -1.79. The van der Waals surface area contributed by atoms with E-state index in [1.54, 1.807) is 0 Å². The molecule has 0 unspecified atom stereocenters. The molecule has 6 nitrogen and oxygen atoms in total. The van der Waals surface area contributed by atoms with Crippen molar-refractivity contribution >= 4 is 30.0 Å². The third kappa shape index (κ3) is 6.08. The molecule has 23 heavy (non-hydrogen) atoms. The van der Waals surface area contributed by atoms with Crippen LogP contribution in [0, 0.1) is 5.92 Å². The molecule has 1 aromatic carbocycles. The molecule has 1 aliphatic rings. The van der Waals surface area contributed by atoms with Crippen LogP contribution < -0.4 is 20.9 Å². The number of hydrogen-bond acceptors (Lipinski definition) is 4. The molecule has 1 aromatic rings. The zero-order valence-corrected chi connectivity index (χ0v) is 14.4. The van der Waals surface area contributed by atoms with Gasteiger partial charge in [0.25, 0.3) is 0 Å². The second-order valence-electron chi connectivity index (χ2n) is 5.88. The number of halogens is 1. The third-order valence-corrected chi connectivity index (χ3v) is 3.46. The molecule has 0 saturated heterocycles. The van der Waals surface area contributed by atoms with E-state index < -0.39 is 6.03 Å². The quantitative estimate of drug-likeness (QED) is 0.776. The van der Waals surface area contributed by atoms with Gasteiger partial charge in [-0.2, -0.15) is 0 Å². The van der Waals surface area contributed by atoms with Crippen LogP contribution in [0.1, 0.15) is 19.4 Å². The van der Waals surface area contributed by atoms with Crippen molar-refractivity contribution in [2.45, 2.75) is 20.4 Å². The van der Waals surface area contributed by atoms with Gasteiger partial charge in [0.15, 0.2) is 0 Å². The number of carbonyl (C=O) groups is 2. The zero-order valence-electron chi connectivity index (χ0n) is 13.6. The monoisotopic (exact) mass is 340 g/mol. The Morgan fingerprint density at radius 3 is 2.78 bits per heavy atom. The average molecular weight is 341 g/mol. The molecular formula is C16H25ClN4O2. The Balaban J connectivity index is 0.00000264. The van der Waals surface area contributed by atoms with Crippen molar-refractivity contribution in [1.29, 1.82) is 0 Å². The minimum Gasteiger partial charge on any atom is -0.361 e. The van der Waals surface area contributed by atoms with Crippen molar-refractivity contribution < 1.29 is 9.59 Å². The van der Waals surface area contributed by atoms with E-state index in [4.69, 9.17) is 0 Å². The minimum absolute atomic E-state index is 0. The standard InChI is InChI=1S/C16H24N4O2.ClH/c1-12(2)9-18-16(22)19-15(21)11-20-8-7-17-10-13-5-3-4-6-14(13)20;/h3-6,12,17H,7-11H2,1-2H3,(H2,18,19,21,22);1H. The van der Waals surface area contributed by atoms with Gasteiger partial charge in [0.2, 0.25) is 5.91 Å². The number of hydrogen-bond donors (Lipinski definition) is 3. The Kier molecular flexibility index (Phi) is 7.85. The number of anilines is 1. The number of carbonyl (C=O) groups excluding carboxylic acids is 2. The lowest BCUT2D eigenvalue weighted by Gasteiger charge is -2.23. The predicted octanol–water partition coefficient (Wildman–Crippen LogP) is 1.50. The topological polar surface area (TPSA) is 73.5 Å². The van der Waals surface area contributed by atoms with Crippen LogP contribution in [-0.2, 0) is 11.3 Å². The molecule has 7 heteroatoms. The molecule has 2 rings (SSSR count). The molecule has 0 aromatic heterocycles. The van der Waals surface area contributed by atoms with Crippen molar-refractivity contribution in [3.8, 4) is 0 Å². The van der Waals surface area contributed by atoms with Gasteiger partial charge >= 0.3 is 6.03 Å². The van der Waals surface area contributed by atoms with Gasteiger partial charge in [0, 0.05) is 31.9 Å². The first-order valence-electron chi connectivity index (χ1n) is 7.67. The van der Waals surface area contributed by atoms with E-state index >= 15 is 0 Å². The van der Waals surface area contributed by atoms with Crippen LogP contribution in [0.3, 0.4) is 0 Å². The summed E-state index contributed by atoms with van der Waals surface area (Å²) in [4.78, 5) is 25.7. The van der Waals surface area contributed by atoms with E-state index in [2.05, 4.69) is 16.0 Å². The van der Waals surface area contributed by atoms with Gasteiger partial charge in [-0.15, -0.1) is 12.4 Å². The highest BCUT2D eigenvalue weighted by atomic mass is 35.5. The van der Waals surface area contributed by atoms with Crippen LogP contribution >= 0.6 is 12.4 Å². The fourth-order valence-electron chi connectivity index (χ4n) is 2.37. The molecule has 0 fully saturated rings. The van der Waals surface area contributed by atoms with Gasteiger partial charge in [-0.3, -0.25) is 10.1 Å². The van der Waals surface area contributed by atoms with E-state index in [1.807, 2.05) is 43.0 Å². The Bertz CT molecular complexity index is 537. The SMILES string of the molecule is CC(C)CNC(=O)NC(=O)CN1CCNCc2ccccc21.Cl. The molecule has 0 radical (unpaired) electrons. The number of nitrogens with zero attached hydrogens (tertiary/aromatic N) is 1. The smallest absolute Gasteiger partial charge is 0.321 e. The lowest BCUT2D eigenvalue weighted by Crippen LogP contribution is -2.46. The summed E-state index contributed by atoms with van der Waals surface area (Å²) in [6.07, 6.45) is 0. The summed E-state index contributed by atoms with van der Waals surface area (Å²) in [6, 6.07) is 7.58. The number of nitrogens with one attached hydrogen (secondary N) is 3. The molecule has 0 spiro atoms. The van der Waals surface area contributed by atoms with Crippen LogP contribution in [-0.4, -0.2) is 38.1 Å². The predicted molar refractivity (Wildman–Crippen MR) is 94.0 cm³/mol. The number of amides is 3. The number of rotatable bonds is 4. The molecule has 3 amide bonds. The fraction of sp³-hybridized carbons (Fsp3) is 0.500. The maximum atomic E-state index is 12.1. The molecule has 0 saturated carbocycles. The maximum absolute atomic E-state index is 12.1. The highest BCUT2D eigenvalue weighted by Gasteiger charge is 2.18. The molecule has 1 heterocycles. The number of urea groups is 1. The lowest BCUT2D eigenvalue weighted by atomic mass is 10.1. The van der Waals surface area contributed by atoms with Crippen LogP contribution in [0.15, 0.2) is 24.3 Å². The van der Waals surface area contributed by atoms with E-state index in [1.165, 1.54) is 0 Å². The van der Waals surface area contributed by atoms with Crippen molar-refractivity contribution in [2.75, 3.05) is 31.1 Å². The largest absolute Gasteiger partial charge is 0.361 e. The van der Waals surface area contributed by atoms with Crippen LogP contribution in [0.25, 0.3) is 0 Å². The van der Waals surface area contributed by atoms with E-state index in [0.29, 0.717) is 12.5 Å². The summed E-state index contributed by atoms with van der Waals surface area (Å²) in [5.41, 5.74) is 2.21. The summed E-state index contributed by atoms with van der Waals surface area (Å²) in [5, 5.41) is 8.39. The Morgan fingerprint density at radius 2 is 2.04 bits per heavy atom. The second-order valence-corrected chi connectivity index (χ2v) is 5.88. The molecule has 1 aliphatic heterocycles. The van der Waals surface area contributed by atoms with Crippen LogP contribution in [0.4, 0.5) is 10.5 Å². The summed E-state index contributed by atoms with van der Waals surface area (Å²) < 4.78 is 0. The minimum atomic E-state index is -0.431. The number of benzene rings is 1. The third-order valence-electron chi connectivity index (χ3n) is 3.46. The Morgan fingerprint density at radius 1 is 1.30 bits per heavy atom. The number of para-hydroxylation sites is 1. The first-order valence-corrected chi connectivity index (χ1v) is 7.67. The maximum Gasteiger partial charge on any atom is 0.321 e. The van der Waals surface area contributed by atoms with Crippen LogP contribution in [0.5, 0.6) is 0 Å². The van der Waals surface area contributed by atoms with Gasteiger partial charge in [-0.05, 0) is 17.5 Å². The van der Waals surface area contributed by atoms with Crippen molar-refractivity contribution in [3.63, 3.8) is 0 Å². The molecule has 3 N–H and O–H groups in total. The second kappa shape index (κ2) is 9.37. The zero-order chi connectivity index (χ0) is 15.9. The summed E-state index contributed by atoms with van der Waals surface area (Å²) in [6.45, 7) is 7.07. The lowest BCUT2D eigenvalue weighted by molar-refractivity contribution is -0.118. The van der Waals surface area contributed by atoms with Crippen molar-refractivity contribution in [2.24, 2.45) is 5.92 Å². The van der Waals surface area contributed by atoms with E-state index in [0.717, 1.165) is 30.9 Å². The first-order chi connectivity index (χ1) is 10.6. The van der Waals surface area contributed by atoms with Crippen molar-refractivity contribution in [3.05, 3.63) is 29.8 Å². The van der Waals surface area contributed by atoms with Gasteiger partial charge in [-0.25, -0.2) is 4.79 Å². The highest BCUT2D eigenvalue weighted by molar-refractivity contribution is 5.96. The average Bonchev–Trinajstić information content (AvgIpc) is 2.68. The van der Waals surface area contributed by atoms with E-state index in [9.17, 15) is 9.59 Å². The molecule has 128 valence electrons. The molecule has 0 atom stereocenters. The highest BCUT2D eigenvalue weighted by Crippen LogP contribution is 2.21. The normalized spacial score (nSPS) is 13.6. The number of imide groups is 1. The fourth-order valence-corrected chi connectivity index (χ4v) is 2.37. The van der Waals surface area contributed by atoms with Gasteiger partial charge in [0.05, 0.1) is 6.54 Å². The molecular weight excluding hydrogens is 316 g/mol. The molecule has 0 aliphatic carbocycles. The number of fused-ring (bicyclic) bond motifs is 1. The van der Waals surface area contributed by atoms with Crippen molar-refractivity contribution in [1.82, 2.24) is 16.0 Å². The summed E-state index contributed by atoms with van der Waals surface area (Å²) in [5.74, 6) is 0.0577. The Labute approximate surface area is 143 Å². The first kappa shape index (κ1) is 19.3. The summed E-state index contributed by atoms with van der Waals surface area (Å²) >= 11 is 0. The van der Waals surface area contributed by atoms with Gasteiger partial charge in [0.1, 0.15) is 0 Å². The van der Waals surface area contributed by atoms with E-state index in [-0.39, 0.29) is 24.9 Å². The van der Waals surface area contributed by atoms with Gasteiger partial charge in [-0.1, -0.05) is 32.0 Å². The van der Waals surface area contributed by atoms with Gasteiger partial charge < -0.3 is 15.5 Å².